The quantitative estimate of drug-likeness (QED) is 0.646. The standard InChI is InChI=1S/C15H17N3O2S/c1-17-8-4-6-11(17)13(19)15(20)18-9-3-2-5-12(18)14-16-7-10-21-14/h4,6-8,10,12H,2-3,5,9H2,1H3/t12-/m0/s1. The van der Waals surface area contributed by atoms with E-state index in [4.69, 9.17) is 0 Å². The molecule has 0 N–H and O–H groups in total. The van der Waals surface area contributed by atoms with Crippen molar-refractivity contribution in [2.24, 2.45) is 7.05 Å². The van der Waals surface area contributed by atoms with Gasteiger partial charge in [-0.1, -0.05) is 0 Å². The molecular formula is C15H17N3O2S. The Kier molecular flexibility index (Phi) is 3.88. The second-order valence-corrected chi connectivity index (χ2v) is 6.14. The lowest BCUT2D eigenvalue weighted by Crippen LogP contribution is -2.42. The number of piperidine rings is 1. The van der Waals surface area contributed by atoms with Crippen molar-refractivity contribution in [3.8, 4) is 0 Å². The number of ketones is 1. The molecule has 6 heteroatoms. The summed E-state index contributed by atoms with van der Waals surface area (Å²) in [4.78, 5) is 31.0. The minimum absolute atomic E-state index is 0.0598. The summed E-state index contributed by atoms with van der Waals surface area (Å²) in [5.74, 6) is -0.859. The summed E-state index contributed by atoms with van der Waals surface area (Å²) in [6.07, 6.45) is 6.39. The van der Waals surface area contributed by atoms with E-state index in [1.807, 2.05) is 5.38 Å². The molecule has 0 aliphatic carbocycles. The van der Waals surface area contributed by atoms with E-state index in [9.17, 15) is 9.59 Å². The number of nitrogens with zero attached hydrogens (tertiary/aromatic N) is 3. The highest BCUT2D eigenvalue weighted by molar-refractivity contribution is 7.09. The van der Waals surface area contributed by atoms with Gasteiger partial charge >= 0.3 is 0 Å². The molecule has 2 aromatic rings. The van der Waals surface area contributed by atoms with E-state index >= 15 is 0 Å². The van der Waals surface area contributed by atoms with Gasteiger partial charge in [-0.15, -0.1) is 11.3 Å². The van der Waals surface area contributed by atoms with Gasteiger partial charge in [0.2, 0.25) is 0 Å². The molecule has 1 atom stereocenters. The van der Waals surface area contributed by atoms with Gasteiger partial charge in [0, 0.05) is 31.4 Å². The van der Waals surface area contributed by atoms with Gasteiger partial charge in [-0.25, -0.2) is 4.98 Å². The fourth-order valence-electron chi connectivity index (χ4n) is 2.77. The third-order valence-electron chi connectivity index (χ3n) is 3.87. The third kappa shape index (κ3) is 2.63. The zero-order valence-electron chi connectivity index (χ0n) is 11.9. The Morgan fingerprint density at radius 2 is 2.24 bits per heavy atom. The largest absolute Gasteiger partial charge is 0.348 e. The van der Waals surface area contributed by atoms with E-state index in [0.717, 1.165) is 24.3 Å². The second kappa shape index (κ2) is 5.81. The molecule has 0 radical (unpaired) electrons. The van der Waals surface area contributed by atoms with Crippen molar-refractivity contribution in [2.45, 2.75) is 25.3 Å². The maximum atomic E-state index is 12.6. The summed E-state index contributed by atoms with van der Waals surface area (Å²) in [6, 6.07) is 3.40. The highest BCUT2D eigenvalue weighted by Gasteiger charge is 2.34. The Morgan fingerprint density at radius 3 is 2.90 bits per heavy atom. The number of hydrogen-bond donors (Lipinski definition) is 0. The highest BCUT2D eigenvalue weighted by Crippen LogP contribution is 2.32. The molecule has 0 bridgehead atoms. The Hall–Kier alpha value is -1.95. The van der Waals surface area contributed by atoms with E-state index in [2.05, 4.69) is 4.98 Å². The minimum atomic E-state index is -0.439. The average molecular weight is 303 g/mol. The molecule has 1 saturated heterocycles. The predicted molar refractivity (Wildman–Crippen MR) is 80.2 cm³/mol. The predicted octanol–water partition coefficient (Wildman–Crippen LogP) is 2.42. The number of thiazole rings is 1. The van der Waals surface area contributed by atoms with Crippen molar-refractivity contribution in [1.29, 1.82) is 0 Å². The Morgan fingerprint density at radius 1 is 1.38 bits per heavy atom. The summed E-state index contributed by atoms with van der Waals surface area (Å²) in [7, 11) is 1.77. The fourth-order valence-corrected chi connectivity index (χ4v) is 3.55. The third-order valence-corrected chi connectivity index (χ3v) is 4.75. The summed E-state index contributed by atoms with van der Waals surface area (Å²) in [5, 5.41) is 2.83. The number of Topliss-reactive ketones (excluding diaryl/α,β-unsaturated/α-hetero) is 1. The smallest absolute Gasteiger partial charge is 0.297 e. The molecule has 0 unspecified atom stereocenters. The van der Waals surface area contributed by atoms with Crippen LogP contribution >= 0.6 is 11.3 Å². The molecule has 1 aliphatic rings. The Labute approximate surface area is 127 Å². The first-order valence-corrected chi connectivity index (χ1v) is 7.92. The van der Waals surface area contributed by atoms with Crippen molar-refractivity contribution in [3.05, 3.63) is 40.6 Å². The van der Waals surface area contributed by atoms with Crippen LogP contribution in [0.4, 0.5) is 0 Å². The average Bonchev–Trinajstić information content (AvgIpc) is 3.17. The lowest BCUT2D eigenvalue weighted by atomic mass is 10.0. The van der Waals surface area contributed by atoms with Gasteiger partial charge in [0.1, 0.15) is 5.01 Å². The Balaban J connectivity index is 1.85. The molecule has 5 nitrogen and oxygen atoms in total. The zero-order valence-corrected chi connectivity index (χ0v) is 12.7. The molecule has 1 fully saturated rings. The lowest BCUT2D eigenvalue weighted by molar-refractivity contribution is -0.130. The van der Waals surface area contributed by atoms with Gasteiger partial charge < -0.3 is 9.47 Å². The topological polar surface area (TPSA) is 55.2 Å². The van der Waals surface area contributed by atoms with E-state index in [1.54, 1.807) is 52.4 Å². The molecule has 0 spiro atoms. The van der Waals surface area contributed by atoms with Crippen LogP contribution in [0.2, 0.25) is 0 Å². The number of aryl methyl sites for hydroxylation is 1. The van der Waals surface area contributed by atoms with Crippen molar-refractivity contribution in [3.63, 3.8) is 0 Å². The van der Waals surface area contributed by atoms with E-state index in [0.29, 0.717) is 12.2 Å². The van der Waals surface area contributed by atoms with Gasteiger partial charge in [-0.05, 0) is 31.4 Å². The maximum absolute atomic E-state index is 12.6. The van der Waals surface area contributed by atoms with Crippen LogP contribution < -0.4 is 0 Å². The first-order valence-electron chi connectivity index (χ1n) is 7.04. The number of aromatic nitrogens is 2. The number of hydrogen-bond acceptors (Lipinski definition) is 4. The number of rotatable bonds is 3. The first-order chi connectivity index (χ1) is 10.2. The van der Waals surface area contributed by atoms with Crippen molar-refractivity contribution >= 4 is 23.0 Å². The van der Waals surface area contributed by atoms with Crippen molar-refractivity contribution < 1.29 is 9.59 Å². The van der Waals surface area contributed by atoms with Gasteiger partial charge in [0.25, 0.3) is 11.7 Å². The van der Waals surface area contributed by atoms with Crippen molar-refractivity contribution in [1.82, 2.24) is 14.5 Å². The molecular weight excluding hydrogens is 286 g/mol. The van der Waals surface area contributed by atoms with Crippen LogP contribution in [0.3, 0.4) is 0 Å². The number of likely N-dealkylation sites (tertiary alicyclic amines) is 1. The van der Waals surface area contributed by atoms with Crippen LogP contribution in [-0.4, -0.2) is 32.7 Å². The van der Waals surface area contributed by atoms with Crippen molar-refractivity contribution in [2.75, 3.05) is 6.54 Å². The minimum Gasteiger partial charge on any atom is -0.348 e. The van der Waals surface area contributed by atoms with E-state index in [1.165, 1.54) is 0 Å². The van der Waals surface area contributed by atoms with Gasteiger partial charge in [-0.3, -0.25) is 9.59 Å². The maximum Gasteiger partial charge on any atom is 0.297 e. The fraction of sp³-hybridized carbons (Fsp3) is 0.400. The van der Waals surface area contributed by atoms with Crippen LogP contribution in [0.1, 0.15) is 40.8 Å². The molecule has 0 saturated carbocycles. The molecule has 110 valence electrons. The van der Waals surface area contributed by atoms with Crippen LogP contribution in [0.25, 0.3) is 0 Å². The summed E-state index contributed by atoms with van der Waals surface area (Å²) in [5.41, 5.74) is 0.434. The molecule has 3 rings (SSSR count). The molecule has 2 aromatic heterocycles. The summed E-state index contributed by atoms with van der Waals surface area (Å²) >= 11 is 1.54. The summed E-state index contributed by atoms with van der Waals surface area (Å²) < 4.78 is 1.68. The normalized spacial score (nSPS) is 18.7. The molecule has 21 heavy (non-hydrogen) atoms. The van der Waals surface area contributed by atoms with E-state index in [-0.39, 0.29) is 6.04 Å². The molecule has 0 aromatic carbocycles. The van der Waals surface area contributed by atoms with E-state index < -0.39 is 11.7 Å². The lowest BCUT2D eigenvalue weighted by Gasteiger charge is -2.34. The van der Waals surface area contributed by atoms with Crippen LogP contribution in [0.15, 0.2) is 29.9 Å². The van der Waals surface area contributed by atoms with Crippen LogP contribution in [0.5, 0.6) is 0 Å². The van der Waals surface area contributed by atoms with Gasteiger partial charge in [0.15, 0.2) is 0 Å². The van der Waals surface area contributed by atoms with Gasteiger partial charge in [-0.2, -0.15) is 0 Å². The summed E-state index contributed by atoms with van der Waals surface area (Å²) in [6.45, 7) is 0.624. The Bertz CT molecular complexity index is 648. The first kappa shape index (κ1) is 14.0. The number of carbonyl (C=O) groups excluding carboxylic acids is 2. The highest BCUT2D eigenvalue weighted by atomic mass is 32.1. The molecule has 1 aliphatic heterocycles. The number of amides is 1. The molecule has 1 amide bonds. The second-order valence-electron chi connectivity index (χ2n) is 5.21. The monoisotopic (exact) mass is 303 g/mol. The number of carbonyl (C=O) groups is 2. The SMILES string of the molecule is Cn1cccc1C(=O)C(=O)N1CCCC[C@H]1c1nccs1. The van der Waals surface area contributed by atoms with Crippen LogP contribution in [-0.2, 0) is 11.8 Å². The molecule has 3 heterocycles. The van der Waals surface area contributed by atoms with Gasteiger partial charge in [0.05, 0.1) is 11.7 Å². The zero-order chi connectivity index (χ0) is 14.8. The van der Waals surface area contributed by atoms with Crippen LogP contribution in [0, 0.1) is 0 Å².